The predicted molar refractivity (Wildman–Crippen MR) is 75.8 cm³/mol. The van der Waals surface area contributed by atoms with E-state index in [1.807, 2.05) is 25.7 Å². The molecule has 2 rings (SSSR count). The number of nitrogens with zero attached hydrogens (tertiary/aromatic N) is 2. The van der Waals surface area contributed by atoms with E-state index in [4.69, 9.17) is 4.74 Å². The number of aromatic nitrogens is 2. The number of aryl methyl sites for hydroxylation is 2. The van der Waals surface area contributed by atoms with E-state index in [1.165, 1.54) is 18.5 Å². The van der Waals surface area contributed by atoms with Crippen LogP contribution in [-0.4, -0.2) is 35.6 Å². The first-order chi connectivity index (χ1) is 8.61. The monoisotopic (exact) mass is 315 g/mol. The standard InChI is InChI=1S/C13H22BrN3O/c1-9-13(14)12(17(3)16-9)8-10(15-2)7-11-5-4-6-18-11/h10-11,15H,4-8H2,1-3H3. The summed E-state index contributed by atoms with van der Waals surface area (Å²) in [6.45, 7) is 2.96. The van der Waals surface area contributed by atoms with Crippen molar-refractivity contribution in [1.82, 2.24) is 15.1 Å². The Morgan fingerprint density at radius 2 is 2.39 bits per heavy atom. The number of nitrogens with one attached hydrogen (secondary N) is 1. The highest BCUT2D eigenvalue weighted by atomic mass is 79.9. The van der Waals surface area contributed by atoms with Crippen LogP contribution in [0.1, 0.15) is 30.7 Å². The summed E-state index contributed by atoms with van der Waals surface area (Å²) in [5, 5.41) is 7.84. The molecule has 0 bridgehead atoms. The molecule has 0 saturated carbocycles. The summed E-state index contributed by atoms with van der Waals surface area (Å²) in [6.07, 6.45) is 4.89. The van der Waals surface area contributed by atoms with Crippen molar-refractivity contribution in [2.75, 3.05) is 13.7 Å². The van der Waals surface area contributed by atoms with Gasteiger partial charge in [0, 0.05) is 26.1 Å². The quantitative estimate of drug-likeness (QED) is 0.905. The molecule has 4 nitrogen and oxygen atoms in total. The Balaban J connectivity index is 2.00. The van der Waals surface area contributed by atoms with E-state index in [0.717, 1.165) is 29.6 Å². The molecular weight excluding hydrogens is 294 g/mol. The Bertz CT molecular complexity index is 399. The Hall–Kier alpha value is -0.390. The van der Waals surface area contributed by atoms with Gasteiger partial charge in [0.15, 0.2) is 0 Å². The van der Waals surface area contributed by atoms with E-state index >= 15 is 0 Å². The van der Waals surface area contributed by atoms with Crippen molar-refractivity contribution >= 4 is 15.9 Å². The lowest BCUT2D eigenvalue weighted by Crippen LogP contribution is -2.32. The van der Waals surface area contributed by atoms with Gasteiger partial charge in [-0.05, 0) is 49.2 Å². The third-order valence-electron chi connectivity index (χ3n) is 3.68. The second kappa shape index (κ2) is 6.17. The van der Waals surface area contributed by atoms with E-state index in [-0.39, 0.29) is 0 Å². The molecule has 2 atom stereocenters. The highest BCUT2D eigenvalue weighted by molar-refractivity contribution is 9.10. The van der Waals surface area contributed by atoms with Crippen LogP contribution in [0.25, 0.3) is 0 Å². The molecular formula is C13H22BrN3O. The maximum absolute atomic E-state index is 5.71. The van der Waals surface area contributed by atoms with Crippen LogP contribution in [0.2, 0.25) is 0 Å². The number of likely N-dealkylation sites (N-methyl/N-ethyl adjacent to an activating group) is 1. The van der Waals surface area contributed by atoms with Crippen LogP contribution in [0.15, 0.2) is 4.47 Å². The van der Waals surface area contributed by atoms with Crippen LogP contribution in [0, 0.1) is 6.92 Å². The van der Waals surface area contributed by atoms with Gasteiger partial charge in [-0.3, -0.25) is 4.68 Å². The molecule has 1 aliphatic rings. The first-order valence-corrected chi connectivity index (χ1v) is 7.38. The summed E-state index contributed by atoms with van der Waals surface area (Å²) in [7, 11) is 4.03. The normalized spacial score (nSPS) is 21.4. The van der Waals surface area contributed by atoms with Crippen LogP contribution in [0.5, 0.6) is 0 Å². The highest BCUT2D eigenvalue weighted by Crippen LogP contribution is 2.24. The topological polar surface area (TPSA) is 39.1 Å². The van der Waals surface area contributed by atoms with Gasteiger partial charge in [-0.2, -0.15) is 5.10 Å². The van der Waals surface area contributed by atoms with Crippen molar-refractivity contribution in [3.05, 3.63) is 15.9 Å². The summed E-state index contributed by atoms with van der Waals surface area (Å²) in [5.74, 6) is 0. The van der Waals surface area contributed by atoms with Gasteiger partial charge in [0.25, 0.3) is 0 Å². The molecule has 1 aliphatic heterocycles. The Morgan fingerprint density at radius 1 is 1.61 bits per heavy atom. The molecule has 5 heteroatoms. The van der Waals surface area contributed by atoms with Gasteiger partial charge >= 0.3 is 0 Å². The van der Waals surface area contributed by atoms with Crippen molar-refractivity contribution in [1.29, 1.82) is 0 Å². The Labute approximate surface area is 117 Å². The number of halogens is 1. The molecule has 2 heterocycles. The fourth-order valence-electron chi connectivity index (χ4n) is 2.59. The zero-order valence-electron chi connectivity index (χ0n) is 11.4. The first kappa shape index (κ1) is 14.0. The van der Waals surface area contributed by atoms with Crippen molar-refractivity contribution in [2.24, 2.45) is 7.05 Å². The lowest BCUT2D eigenvalue weighted by Gasteiger charge is -2.20. The van der Waals surface area contributed by atoms with E-state index in [1.54, 1.807) is 0 Å². The molecule has 2 unspecified atom stereocenters. The highest BCUT2D eigenvalue weighted by Gasteiger charge is 2.22. The SMILES string of the molecule is CNC(Cc1c(Br)c(C)nn1C)CC1CCCO1. The minimum absolute atomic E-state index is 0.426. The Morgan fingerprint density at radius 3 is 2.89 bits per heavy atom. The van der Waals surface area contributed by atoms with Crippen molar-refractivity contribution < 1.29 is 4.74 Å². The summed E-state index contributed by atoms with van der Waals surface area (Å²) < 4.78 is 8.82. The number of hydrogen-bond acceptors (Lipinski definition) is 3. The largest absolute Gasteiger partial charge is 0.378 e. The van der Waals surface area contributed by atoms with Crippen LogP contribution < -0.4 is 5.32 Å². The summed E-state index contributed by atoms with van der Waals surface area (Å²) in [6, 6.07) is 0.444. The van der Waals surface area contributed by atoms with Gasteiger partial charge in [-0.1, -0.05) is 0 Å². The van der Waals surface area contributed by atoms with Gasteiger partial charge in [-0.15, -0.1) is 0 Å². The summed E-state index contributed by atoms with van der Waals surface area (Å²) in [5.41, 5.74) is 2.31. The van der Waals surface area contributed by atoms with Crippen LogP contribution in [-0.2, 0) is 18.2 Å². The molecule has 102 valence electrons. The third kappa shape index (κ3) is 3.13. The third-order valence-corrected chi connectivity index (χ3v) is 4.71. The van der Waals surface area contributed by atoms with Gasteiger partial charge < -0.3 is 10.1 Å². The molecule has 0 amide bonds. The lowest BCUT2D eigenvalue weighted by atomic mass is 10.0. The van der Waals surface area contributed by atoms with E-state index in [2.05, 4.69) is 26.3 Å². The molecule has 1 saturated heterocycles. The average Bonchev–Trinajstić information content (AvgIpc) is 2.92. The smallest absolute Gasteiger partial charge is 0.0738 e. The van der Waals surface area contributed by atoms with E-state index < -0.39 is 0 Å². The second-order valence-electron chi connectivity index (χ2n) is 5.03. The van der Waals surface area contributed by atoms with Gasteiger partial charge in [0.1, 0.15) is 0 Å². The van der Waals surface area contributed by atoms with Crippen LogP contribution >= 0.6 is 15.9 Å². The molecule has 1 aromatic heterocycles. The summed E-state index contributed by atoms with van der Waals surface area (Å²) >= 11 is 3.63. The van der Waals surface area contributed by atoms with Crippen molar-refractivity contribution in [3.8, 4) is 0 Å². The summed E-state index contributed by atoms with van der Waals surface area (Å²) in [4.78, 5) is 0. The predicted octanol–water partition coefficient (Wildman–Crippen LogP) is 2.19. The maximum atomic E-state index is 5.71. The number of ether oxygens (including phenoxy) is 1. The minimum Gasteiger partial charge on any atom is -0.378 e. The van der Waals surface area contributed by atoms with E-state index in [9.17, 15) is 0 Å². The lowest BCUT2D eigenvalue weighted by molar-refractivity contribution is 0.0952. The Kier molecular flexibility index (Phi) is 4.81. The zero-order valence-corrected chi connectivity index (χ0v) is 13.0. The molecule has 1 N–H and O–H groups in total. The molecule has 0 aliphatic carbocycles. The molecule has 1 fully saturated rings. The fourth-order valence-corrected chi connectivity index (χ4v) is 3.08. The zero-order chi connectivity index (χ0) is 13.1. The molecule has 0 radical (unpaired) electrons. The first-order valence-electron chi connectivity index (χ1n) is 6.58. The molecule has 18 heavy (non-hydrogen) atoms. The van der Waals surface area contributed by atoms with Gasteiger partial charge in [0.2, 0.25) is 0 Å². The molecule has 0 aromatic carbocycles. The van der Waals surface area contributed by atoms with Crippen LogP contribution in [0.4, 0.5) is 0 Å². The van der Waals surface area contributed by atoms with Crippen molar-refractivity contribution in [3.63, 3.8) is 0 Å². The van der Waals surface area contributed by atoms with Gasteiger partial charge in [-0.25, -0.2) is 0 Å². The molecule has 0 spiro atoms. The number of rotatable bonds is 5. The van der Waals surface area contributed by atoms with Gasteiger partial charge in [0.05, 0.1) is 22.0 Å². The average molecular weight is 316 g/mol. The van der Waals surface area contributed by atoms with Crippen LogP contribution in [0.3, 0.4) is 0 Å². The number of hydrogen-bond donors (Lipinski definition) is 1. The minimum atomic E-state index is 0.426. The molecule has 1 aromatic rings. The van der Waals surface area contributed by atoms with E-state index in [0.29, 0.717) is 12.1 Å². The van der Waals surface area contributed by atoms with Crippen molar-refractivity contribution in [2.45, 2.75) is 44.8 Å². The fraction of sp³-hybridized carbons (Fsp3) is 0.769. The second-order valence-corrected chi connectivity index (χ2v) is 5.82. The maximum Gasteiger partial charge on any atom is 0.0738 e.